The van der Waals surface area contributed by atoms with Crippen LogP contribution < -0.4 is 16.4 Å². The maximum absolute atomic E-state index is 11.7. The summed E-state index contributed by atoms with van der Waals surface area (Å²) in [6.45, 7) is 8.48. The molecule has 4 N–H and O–H groups in total. The van der Waals surface area contributed by atoms with Crippen LogP contribution in [0.1, 0.15) is 46.1 Å². The summed E-state index contributed by atoms with van der Waals surface area (Å²) in [7, 11) is 0. The summed E-state index contributed by atoms with van der Waals surface area (Å²) in [5, 5.41) is 6.08. The first-order chi connectivity index (χ1) is 9.33. The molecule has 1 amide bonds. The molecule has 0 aromatic carbocycles. The van der Waals surface area contributed by atoms with E-state index in [-0.39, 0.29) is 11.4 Å². The number of hydrogen-bond acceptors (Lipinski definition) is 5. The fourth-order valence-corrected chi connectivity index (χ4v) is 1.85. The summed E-state index contributed by atoms with van der Waals surface area (Å²) in [6, 6.07) is 0. The van der Waals surface area contributed by atoms with Gasteiger partial charge in [-0.15, -0.1) is 0 Å². The molecule has 1 aromatic heterocycles. The standard InChI is InChI=1S/C14H25N5O/c1-5-6-10-12(15)17-9-18-13(10)16-8-7-11(20)19-14(2,3)4/h9H,5-8H2,1-4H3,(H,19,20)(H3,15,16,17,18). The van der Waals surface area contributed by atoms with E-state index in [1.807, 2.05) is 20.8 Å². The van der Waals surface area contributed by atoms with Crippen molar-refractivity contribution in [3.8, 4) is 0 Å². The first-order valence-corrected chi connectivity index (χ1v) is 6.97. The molecular weight excluding hydrogens is 254 g/mol. The van der Waals surface area contributed by atoms with Crippen molar-refractivity contribution in [2.45, 2.75) is 52.5 Å². The van der Waals surface area contributed by atoms with E-state index in [2.05, 4.69) is 27.5 Å². The molecule has 1 heterocycles. The van der Waals surface area contributed by atoms with Gasteiger partial charge in [0.1, 0.15) is 18.0 Å². The number of nitrogens with one attached hydrogen (secondary N) is 2. The fourth-order valence-electron chi connectivity index (χ4n) is 1.85. The number of aromatic nitrogens is 2. The van der Waals surface area contributed by atoms with Crippen molar-refractivity contribution in [1.82, 2.24) is 15.3 Å². The molecule has 1 rings (SSSR count). The monoisotopic (exact) mass is 279 g/mol. The van der Waals surface area contributed by atoms with Crippen LogP contribution in [0, 0.1) is 0 Å². The summed E-state index contributed by atoms with van der Waals surface area (Å²) in [4.78, 5) is 19.9. The highest BCUT2D eigenvalue weighted by Crippen LogP contribution is 2.18. The van der Waals surface area contributed by atoms with E-state index in [0.717, 1.165) is 24.2 Å². The van der Waals surface area contributed by atoms with Crippen LogP contribution in [0.15, 0.2) is 6.33 Å². The van der Waals surface area contributed by atoms with Crippen molar-refractivity contribution < 1.29 is 4.79 Å². The highest BCUT2D eigenvalue weighted by atomic mass is 16.1. The average molecular weight is 279 g/mol. The molecular formula is C14H25N5O. The first-order valence-electron chi connectivity index (χ1n) is 6.97. The van der Waals surface area contributed by atoms with Crippen molar-refractivity contribution in [3.63, 3.8) is 0 Å². The van der Waals surface area contributed by atoms with E-state index in [4.69, 9.17) is 5.73 Å². The minimum absolute atomic E-state index is 0.0177. The minimum Gasteiger partial charge on any atom is -0.383 e. The summed E-state index contributed by atoms with van der Waals surface area (Å²) < 4.78 is 0. The molecule has 0 radical (unpaired) electrons. The topological polar surface area (TPSA) is 92.9 Å². The Balaban J connectivity index is 2.54. The first kappa shape index (κ1) is 16.2. The van der Waals surface area contributed by atoms with Gasteiger partial charge in [0.2, 0.25) is 5.91 Å². The number of nitrogens with two attached hydrogens (primary N) is 1. The van der Waals surface area contributed by atoms with E-state index in [1.165, 1.54) is 6.33 Å². The number of carbonyl (C=O) groups excluding carboxylic acids is 1. The highest BCUT2D eigenvalue weighted by Gasteiger charge is 2.13. The molecule has 6 nitrogen and oxygen atoms in total. The third kappa shape index (κ3) is 5.42. The predicted molar refractivity (Wildman–Crippen MR) is 81.4 cm³/mol. The van der Waals surface area contributed by atoms with E-state index in [9.17, 15) is 4.79 Å². The van der Waals surface area contributed by atoms with Gasteiger partial charge in [-0.25, -0.2) is 9.97 Å². The van der Waals surface area contributed by atoms with Gasteiger partial charge in [0.05, 0.1) is 0 Å². The van der Waals surface area contributed by atoms with Crippen LogP contribution in [0.2, 0.25) is 0 Å². The van der Waals surface area contributed by atoms with Gasteiger partial charge >= 0.3 is 0 Å². The number of nitrogen functional groups attached to an aromatic ring is 1. The molecule has 6 heteroatoms. The van der Waals surface area contributed by atoms with Crippen molar-refractivity contribution >= 4 is 17.5 Å². The zero-order chi connectivity index (χ0) is 15.2. The second-order valence-corrected chi connectivity index (χ2v) is 5.81. The lowest BCUT2D eigenvalue weighted by Crippen LogP contribution is -2.41. The van der Waals surface area contributed by atoms with E-state index in [0.29, 0.717) is 18.8 Å². The second kappa shape index (κ2) is 7.07. The molecule has 0 unspecified atom stereocenters. The Bertz CT molecular complexity index is 453. The van der Waals surface area contributed by atoms with Crippen LogP contribution in [0.4, 0.5) is 11.6 Å². The van der Waals surface area contributed by atoms with Gasteiger partial charge in [-0.3, -0.25) is 4.79 Å². The maximum atomic E-state index is 11.7. The minimum atomic E-state index is -0.205. The molecule has 0 fully saturated rings. The lowest BCUT2D eigenvalue weighted by molar-refractivity contribution is -0.122. The van der Waals surface area contributed by atoms with Gasteiger partial charge in [-0.05, 0) is 27.2 Å². The fraction of sp³-hybridized carbons (Fsp3) is 0.643. The second-order valence-electron chi connectivity index (χ2n) is 5.81. The Morgan fingerprint density at radius 2 is 2.05 bits per heavy atom. The number of hydrogen-bond donors (Lipinski definition) is 3. The molecule has 1 aromatic rings. The van der Waals surface area contributed by atoms with Gasteiger partial charge in [0, 0.05) is 24.1 Å². The molecule has 0 aliphatic heterocycles. The number of amides is 1. The molecule has 0 saturated heterocycles. The van der Waals surface area contributed by atoms with Gasteiger partial charge < -0.3 is 16.4 Å². The molecule has 112 valence electrons. The molecule has 20 heavy (non-hydrogen) atoms. The van der Waals surface area contributed by atoms with Crippen LogP contribution in [0.25, 0.3) is 0 Å². The Morgan fingerprint density at radius 3 is 2.65 bits per heavy atom. The van der Waals surface area contributed by atoms with Crippen LogP contribution in [0.5, 0.6) is 0 Å². The number of anilines is 2. The van der Waals surface area contributed by atoms with Crippen LogP contribution >= 0.6 is 0 Å². The summed E-state index contributed by atoms with van der Waals surface area (Å²) in [5.41, 5.74) is 6.57. The number of nitrogens with zero attached hydrogens (tertiary/aromatic N) is 2. The Hall–Kier alpha value is -1.85. The third-order valence-electron chi connectivity index (χ3n) is 2.64. The van der Waals surface area contributed by atoms with Crippen molar-refractivity contribution in [1.29, 1.82) is 0 Å². The summed E-state index contributed by atoms with van der Waals surface area (Å²) >= 11 is 0. The predicted octanol–water partition coefficient (Wildman–Crippen LogP) is 1.73. The normalized spacial score (nSPS) is 11.2. The Kier molecular flexibility index (Phi) is 5.73. The molecule has 0 saturated carbocycles. The summed E-state index contributed by atoms with van der Waals surface area (Å²) in [6.07, 6.45) is 3.62. The average Bonchev–Trinajstić information content (AvgIpc) is 2.31. The van der Waals surface area contributed by atoms with E-state index in [1.54, 1.807) is 0 Å². The van der Waals surface area contributed by atoms with Crippen molar-refractivity contribution in [3.05, 3.63) is 11.9 Å². The maximum Gasteiger partial charge on any atom is 0.222 e. The van der Waals surface area contributed by atoms with Crippen LogP contribution in [0.3, 0.4) is 0 Å². The van der Waals surface area contributed by atoms with Crippen molar-refractivity contribution in [2.75, 3.05) is 17.6 Å². The van der Waals surface area contributed by atoms with Gasteiger partial charge in [0.15, 0.2) is 0 Å². The van der Waals surface area contributed by atoms with Gasteiger partial charge in [-0.2, -0.15) is 0 Å². The van der Waals surface area contributed by atoms with E-state index < -0.39 is 0 Å². The smallest absolute Gasteiger partial charge is 0.222 e. The number of carbonyl (C=O) groups is 1. The molecule has 0 aliphatic rings. The zero-order valence-corrected chi connectivity index (χ0v) is 12.8. The quantitative estimate of drug-likeness (QED) is 0.737. The lowest BCUT2D eigenvalue weighted by atomic mass is 10.1. The van der Waals surface area contributed by atoms with Crippen LogP contribution in [-0.2, 0) is 11.2 Å². The van der Waals surface area contributed by atoms with Gasteiger partial charge in [0.25, 0.3) is 0 Å². The lowest BCUT2D eigenvalue weighted by Gasteiger charge is -2.20. The Labute approximate surface area is 120 Å². The van der Waals surface area contributed by atoms with Gasteiger partial charge in [-0.1, -0.05) is 13.3 Å². The molecule has 0 atom stereocenters. The highest BCUT2D eigenvalue weighted by molar-refractivity contribution is 5.77. The number of rotatable bonds is 6. The largest absolute Gasteiger partial charge is 0.383 e. The summed E-state index contributed by atoms with van der Waals surface area (Å²) in [5.74, 6) is 1.25. The molecule has 0 bridgehead atoms. The zero-order valence-electron chi connectivity index (χ0n) is 12.8. The van der Waals surface area contributed by atoms with E-state index >= 15 is 0 Å². The molecule has 0 spiro atoms. The SMILES string of the molecule is CCCc1c(N)ncnc1NCCC(=O)NC(C)(C)C. The van der Waals surface area contributed by atoms with Crippen molar-refractivity contribution in [2.24, 2.45) is 0 Å². The molecule has 0 aliphatic carbocycles. The van der Waals surface area contributed by atoms with Crippen LogP contribution in [-0.4, -0.2) is 28.0 Å². The Morgan fingerprint density at radius 1 is 1.35 bits per heavy atom. The third-order valence-corrected chi connectivity index (χ3v) is 2.64.